The molecule has 2 aliphatic carbocycles. The Morgan fingerprint density at radius 1 is 0.658 bits per heavy atom. The summed E-state index contributed by atoms with van der Waals surface area (Å²) in [6, 6.07) is 22.9. The smallest absolute Gasteiger partial charge is 0.255 e. The Morgan fingerprint density at radius 2 is 0.974 bits per heavy atom. The number of rotatable bonds is 2. The number of allylic oxidation sites excluding steroid dienone is 2. The molecule has 2 aromatic rings. The van der Waals surface area contributed by atoms with Gasteiger partial charge in [0.05, 0.1) is 12.1 Å². The first-order valence-corrected chi connectivity index (χ1v) is 14.0. The highest BCUT2D eigenvalue weighted by atomic mass is 32.3. The zero-order valence-corrected chi connectivity index (χ0v) is 21.5. The summed E-state index contributed by atoms with van der Waals surface area (Å²) in [6.07, 6.45) is 10.8. The molecule has 4 atom stereocenters. The van der Waals surface area contributed by atoms with Crippen LogP contribution in [0.5, 0.6) is 0 Å². The molecule has 0 aromatic heterocycles. The molecule has 2 aromatic carbocycles. The van der Waals surface area contributed by atoms with Crippen molar-refractivity contribution in [1.29, 1.82) is 0 Å². The van der Waals surface area contributed by atoms with Gasteiger partial charge in [0, 0.05) is 36.4 Å². The molecule has 2 fully saturated rings. The van der Waals surface area contributed by atoms with Gasteiger partial charge in [-0.2, -0.15) is 0 Å². The molecule has 0 radical (unpaired) electrons. The van der Waals surface area contributed by atoms with E-state index in [1.54, 1.807) is 0 Å². The summed E-state index contributed by atoms with van der Waals surface area (Å²) in [6.45, 7) is 0. The van der Waals surface area contributed by atoms with Gasteiger partial charge in [-0.15, -0.1) is 7.77 Å². The predicted octanol–water partition coefficient (Wildman–Crippen LogP) is -1.32. The van der Waals surface area contributed by atoms with Crippen LogP contribution in [0, 0.1) is 0 Å². The molecule has 0 unspecified atom stereocenters. The van der Waals surface area contributed by atoms with Gasteiger partial charge >= 0.3 is 0 Å². The molecule has 0 spiro atoms. The highest BCUT2D eigenvalue weighted by Gasteiger charge is 2.44. The minimum Gasteiger partial charge on any atom is -0.722 e. The van der Waals surface area contributed by atoms with Crippen LogP contribution < -0.4 is 20.6 Å². The third-order valence-electron chi connectivity index (χ3n) is 5.55. The maximum atomic E-state index is 10.1. The standard InChI is InChI=1S/C24H24N4.2FHO3S/c1-3-7-17(8-4-1)19-11-13-25-22-16-24(22)28-20(18-9-5-2-6-10-18)12-14-26-21-15-23(21)27-19;2*1-5(2,3)4/h1-14,21-24,27-28H,15-16H2;2*(H,2,3,4)/b19-11+,20-12+,25-13?,26-14?;;/t21-,22-,23+,24+;;/m1../s1. The van der Waals surface area contributed by atoms with E-state index in [1.165, 1.54) is 22.5 Å². The van der Waals surface area contributed by atoms with Crippen molar-refractivity contribution in [2.75, 3.05) is 0 Å². The van der Waals surface area contributed by atoms with E-state index in [9.17, 15) is 7.77 Å². The first-order valence-electron chi connectivity index (χ1n) is 11.4. The van der Waals surface area contributed by atoms with Crippen LogP contribution in [0.2, 0.25) is 0 Å². The van der Waals surface area contributed by atoms with E-state index in [0.717, 1.165) is 12.8 Å². The molecule has 14 heteroatoms. The van der Waals surface area contributed by atoms with Crippen LogP contribution in [0.4, 0.5) is 7.77 Å². The average molecular weight is 569 g/mol. The second-order valence-corrected chi connectivity index (χ2v) is 10.1. The largest absolute Gasteiger partial charge is 0.722 e. The van der Waals surface area contributed by atoms with Gasteiger partial charge in [0.1, 0.15) is 0 Å². The van der Waals surface area contributed by atoms with Crippen LogP contribution in [0.15, 0.2) is 72.8 Å². The van der Waals surface area contributed by atoms with Crippen molar-refractivity contribution in [3.05, 3.63) is 83.9 Å². The van der Waals surface area contributed by atoms with Crippen molar-refractivity contribution in [2.45, 2.75) is 37.0 Å². The molecule has 2 saturated carbocycles. The molecule has 204 valence electrons. The second-order valence-electron chi connectivity index (χ2n) is 8.53. The van der Waals surface area contributed by atoms with Crippen LogP contribution in [0.25, 0.3) is 11.4 Å². The van der Waals surface area contributed by atoms with Crippen molar-refractivity contribution in [1.82, 2.24) is 10.6 Å². The summed E-state index contributed by atoms with van der Waals surface area (Å²) in [5.74, 6) is 0. The van der Waals surface area contributed by atoms with Crippen LogP contribution in [0.3, 0.4) is 0 Å². The molecule has 10 nitrogen and oxygen atoms in total. The molecule has 4 N–H and O–H groups in total. The number of halogens is 2. The maximum absolute atomic E-state index is 10.1. The van der Waals surface area contributed by atoms with E-state index >= 15 is 0 Å². The average Bonchev–Trinajstić information content (AvgIpc) is 3.74. The van der Waals surface area contributed by atoms with Crippen LogP contribution in [-0.2, 0) is 21.0 Å². The Morgan fingerprint density at radius 3 is 1.29 bits per heavy atom. The minimum absolute atomic E-state index is 0.453. The zero-order chi connectivity index (χ0) is 27.8. The molecule has 5 rings (SSSR count). The van der Waals surface area contributed by atoms with Crippen molar-refractivity contribution >= 4 is 44.8 Å². The molecular formula is C24H26F2N4O6S2. The summed E-state index contributed by atoms with van der Waals surface area (Å²) >= 11 is 0. The monoisotopic (exact) mass is 568 g/mol. The van der Waals surface area contributed by atoms with Crippen LogP contribution >= 0.6 is 0 Å². The van der Waals surface area contributed by atoms with Gasteiger partial charge in [-0.05, 0) is 11.1 Å². The Labute approximate surface area is 220 Å². The van der Waals surface area contributed by atoms with Crippen molar-refractivity contribution in [3.63, 3.8) is 0 Å². The van der Waals surface area contributed by atoms with Gasteiger partial charge in [-0.25, -0.2) is 26.8 Å². The van der Waals surface area contributed by atoms with Crippen molar-refractivity contribution < 1.29 is 43.7 Å². The first-order chi connectivity index (χ1) is 17.9. The van der Waals surface area contributed by atoms with Gasteiger partial charge in [-0.1, -0.05) is 60.7 Å². The lowest BCUT2D eigenvalue weighted by Gasteiger charge is -2.09. The summed E-state index contributed by atoms with van der Waals surface area (Å²) in [7, 11) is -10.8. The lowest BCUT2D eigenvalue weighted by Crippen LogP contribution is -2.73. The maximum Gasteiger partial charge on any atom is 0.255 e. The first kappa shape index (κ1) is 29.1. The molecule has 0 amide bonds. The summed E-state index contributed by atoms with van der Waals surface area (Å²) in [5.41, 5.74) is 4.79. The highest BCUT2D eigenvalue weighted by Crippen LogP contribution is 2.23. The summed E-state index contributed by atoms with van der Waals surface area (Å²) in [5, 5.41) is 7.41. The highest BCUT2D eigenvalue weighted by molar-refractivity contribution is 7.80. The van der Waals surface area contributed by atoms with E-state index in [2.05, 4.69) is 106 Å². The molecule has 0 saturated heterocycles. The Bertz CT molecular complexity index is 1290. The minimum atomic E-state index is -5.42. The molecule has 3 aliphatic rings. The molecule has 0 bridgehead atoms. The fourth-order valence-corrected chi connectivity index (χ4v) is 3.68. The number of fused-ring (bicyclic) bond motifs is 2. The zero-order valence-electron chi connectivity index (χ0n) is 19.8. The van der Waals surface area contributed by atoms with E-state index in [-0.39, 0.29) is 0 Å². The van der Waals surface area contributed by atoms with Gasteiger partial charge in [0.2, 0.25) is 0 Å². The Hall–Kier alpha value is -3.46. The molecule has 38 heavy (non-hydrogen) atoms. The van der Waals surface area contributed by atoms with Gasteiger partial charge in [0.25, 0.3) is 21.0 Å². The summed E-state index contributed by atoms with van der Waals surface area (Å²) in [4.78, 5) is 7.11. The number of hydrogen-bond donors (Lipinski definition) is 4. The molecule has 1 aliphatic heterocycles. The summed E-state index contributed by atoms with van der Waals surface area (Å²) < 4.78 is 70.7. The van der Waals surface area contributed by atoms with E-state index in [1.807, 2.05) is 0 Å². The Balaban J connectivity index is 0.000000344. The number of benzene rings is 2. The normalized spacial score (nSPS) is 26.7. The fraction of sp³-hybridized carbons (Fsp3) is 0.250. The van der Waals surface area contributed by atoms with Crippen LogP contribution in [0.1, 0.15) is 24.0 Å². The van der Waals surface area contributed by atoms with Crippen molar-refractivity contribution in [2.24, 2.45) is 0 Å². The van der Waals surface area contributed by atoms with Gasteiger partial charge in [0.15, 0.2) is 24.5 Å². The van der Waals surface area contributed by atoms with E-state index < -0.39 is 21.0 Å². The third kappa shape index (κ3) is 11.7. The fourth-order valence-electron chi connectivity index (χ4n) is 3.68. The lowest BCUT2D eigenvalue weighted by molar-refractivity contribution is -0.469. The van der Waals surface area contributed by atoms with Gasteiger partial charge in [-0.3, -0.25) is 0 Å². The topological polar surface area (TPSA) is 166 Å². The molecular weight excluding hydrogens is 542 g/mol. The third-order valence-corrected chi connectivity index (χ3v) is 5.55. The Kier molecular flexibility index (Phi) is 9.85. The van der Waals surface area contributed by atoms with Crippen LogP contribution in [-0.4, -0.2) is 62.5 Å². The number of hydrogen-bond acceptors (Lipinski definition) is 8. The van der Waals surface area contributed by atoms with E-state index in [4.69, 9.17) is 25.9 Å². The van der Waals surface area contributed by atoms with Crippen molar-refractivity contribution in [3.8, 4) is 0 Å². The van der Waals surface area contributed by atoms with Gasteiger partial charge < -0.3 is 19.7 Å². The van der Waals surface area contributed by atoms with E-state index in [0.29, 0.717) is 24.2 Å². The predicted molar refractivity (Wildman–Crippen MR) is 135 cm³/mol. The second kappa shape index (κ2) is 12.9. The molecule has 1 heterocycles. The quantitative estimate of drug-likeness (QED) is 0.256. The lowest BCUT2D eigenvalue weighted by atomic mass is 10.1. The SMILES string of the molecule is C1=[NH+][C@@H]2C[C@@H]2N/C(c2ccccc2)=C/C=[NH+][C@@H]2C[C@@H]2N/C(c2ccccc2)=C/1.O=S(=O)([O-])F.O=S(=O)([O-])F. The number of nitrogens with one attached hydrogen (secondary N) is 4.